The Morgan fingerprint density at radius 1 is 0.933 bits per heavy atom. The maximum atomic E-state index is 11.1. The highest BCUT2D eigenvalue weighted by Gasteiger charge is 2.51. The molecule has 0 radical (unpaired) electrons. The van der Waals surface area contributed by atoms with Crippen LogP contribution in [-0.2, 0) is 10.2 Å². The Kier molecular flexibility index (Phi) is 4.88. The van der Waals surface area contributed by atoms with Crippen LogP contribution >= 0.6 is 0 Å². The Labute approximate surface area is 179 Å². The smallest absolute Gasteiger partial charge is 0.348 e. The fraction of sp³-hybridized carbons (Fsp3) is 0.370. The average molecular weight is 403 g/mol. The first kappa shape index (κ1) is 20.5. The van der Waals surface area contributed by atoms with E-state index in [9.17, 15) is 5.11 Å². The van der Waals surface area contributed by atoms with Crippen LogP contribution in [0.25, 0.3) is 27.9 Å². The third kappa shape index (κ3) is 2.68. The molecule has 3 nitrogen and oxygen atoms in total. The van der Waals surface area contributed by atoms with Gasteiger partial charge in [-0.05, 0) is 74.9 Å². The Morgan fingerprint density at radius 2 is 1.57 bits per heavy atom. The molecule has 0 fully saturated rings. The number of allylic oxidation sites excluding steroid dienone is 1. The van der Waals surface area contributed by atoms with E-state index < -0.39 is 0 Å². The molecule has 2 aromatic carbocycles. The van der Waals surface area contributed by atoms with Crippen molar-refractivity contribution in [3.05, 3.63) is 70.2 Å². The molecular formula is C27H32NO2+. The first-order chi connectivity index (χ1) is 14.3. The van der Waals surface area contributed by atoms with E-state index in [0.29, 0.717) is 0 Å². The molecule has 0 unspecified atom stereocenters. The molecule has 1 aliphatic heterocycles. The summed E-state index contributed by atoms with van der Waals surface area (Å²) in [6.07, 6.45) is 1.74. The molecule has 0 saturated heterocycles. The minimum absolute atomic E-state index is 0.00207. The number of ether oxygens (including phenoxy) is 1. The molecule has 0 bridgehead atoms. The largest absolute Gasteiger partial charge is 0.476 e. The fourth-order valence-corrected chi connectivity index (χ4v) is 5.65. The first-order valence-corrected chi connectivity index (χ1v) is 10.8. The zero-order valence-corrected chi connectivity index (χ0v) is 19.2. The van der Waals surface area contributed by atoms with Crippen molar-refractivity contribution in [3.63, 3.8) is 0 Å². The highest BCUT2D eigenvalue weighted by molar-refractivity contribution is 5.86. The van der Waals surface area contributed by atoms with Gasteiger partial charge in [-0.1, -0.05) is 31.5 Å². The second-order valence-corrected chi connectivity index (χ2v) is 8.72. The molecule has 0 saturated carbocycles. The third-order valence-corrected chi connectivity index (χ3v) is 6.91. The van der Waals surface area contributed by atoms with Gasteiger partial charge in [0.15, 0.2) is 0 Å². The van der Waals surface area contributed by atoms with E-state index in [0.717, 1.165) is 29.7 Å². The normalized spacial score (nSPS) is 16.2. The molecule has 1 aliphatic rings. The third-order valence-electron chi connectivity index (χ3n) is 6.91. The van der Waals surface area contributed by atoms with Crippen molar-refractivity contribution >= 4 is 16.6 Å². The van der Waals surface area contributed by atoms with Gasteiger partial charge in [0.25, 0.3) is 5.70 Å². The Hall–Kier alpha value is -2.81. The van der Waals surface area contributed by atoms with E-state index in [1.54, 1.807) is 7.11 Å². The lowest BCUT2D eigenvalue weighted by atomic mass is 9.67. The number of aromatic nitrogens is 1. The van der Waals surface area contributed by atoms with Crippen molar-refractivity contribution in [2.24, 2.45) is 0 Å². The zero-order chi connectivity index (χ0) is 21.8. The summed E-state index contributed by atoms with van der Waals surface area (Å²) < 4.78 is 7.76. The monoisotopic (exact) mass is 402 g/mol. The van der Waals surface area contributed by atoms with E-state index in [4.69, 9.17) is 4.74 Å². The van der Waals surface area contributed by atoms with Crippen molar-refractivity contribution in [1.82, 2.24) is 0 Å². The van der Waals surface area contributed by atoms with Crippen molar-refractivity contribution in [1.29, 1.82) is 0 Å². The molecule has 30 heavy (non-hydrogen) atoms. The molecule has 4 rings (SSSR count). The maximum Gasteiger partial charge on any atom is 0.348 e. The second kappa shape index (κ2) is 7.16. The quantitative estimate of drug-likeness (QED) is 0.404. The van der Waals surface area contributed by atoms with Crippen molar-refractivity contribution in [2.75, 3.05) is 7.11 Å². The molecule has 0 amide bonds. The van der Waals surface area contributed by atoms with Gasteiger partial charge in [-0.2, -0.15) is 0 Å². The van der Waals surface area contributed by atoms with Gasteiger partial charge in [0.1, 0.15) is 0 Å². The number of hydrogen-bond acceptors (Lipinski definition) is 2. The van der Waals surface area contributed by atoms with Gasteiger partial charge in [-0.3, -0.25) is 0 Å². The summed E-state index contributed by atoms with van der Waals surface area (Å²) in [7, 11) is 1.55. The number of nitrogens with zero attached hydrogens (tertiary/aromatic N) is 1. The van der Waals surface area contributed by atoms with Gasteiger partial charge in [-0.25, -0.2) is 0 Å². The van der Waals surface area contributed by atoms with Crippen LogP contribution in [0.5, 0.6) is 0 Å². The number of benzene rings is 2. The van der Waals surface area contributed by atoms with Crippen LogP contribution in [0, 0.1) is 27.7 Å². The fourth-order valence-electron chi connectivity index (χ4n) is 5.65. The predicted molar refractivity (Wildman–Crippen MR) is 124 cm³/mol. The molecule has 0 spiro atoms. The lowest BCUT2D eigenvalue weighted by Crippen LogP contribution is -2.51. The van der Waals surface area contributed by atoms with Gasteiger partial charge in [0.2, 0.25) is 11.2 Å². The van der Waals surface area contributed by atoms with E-state index in [1.807, 2.05) is 0 Å². The summed E-state index contributed by atoms with van der Waals surface area (Å²) in [4.78, 5) is 0. The Bertz CT molecular complexity index is 1200. The number of hydrogen-bond donors (Lipinski definition) is 1. The molecule has 2 heterocycles. The number of aliphatic hydroxyl groups excluding tert-OH is 1. The topological polar surface area (TPSA) is 33.3 Å². The van der Waals surface area contributed by atoms with E-state index in [2.05, 4.69) is 82.5 Å². The minimum atomic E-state index is -0.336. The van der Waals surface area contributed by atoms with Crippen molar-refractivity contribution in [2.45, 2.75) is 59.8 Å². The van der Waals surface area contributed by atoms with Crippen LogP contribution in [-0.4, -0.2) is 12.2 Å². The van der Waals surface area contributed by atoms with Crippen molar-refractivity contribution < 1.29 is 14.4 Å². The molecule has 0 atom stereocenters. The average Bonchev–Trinajstić information content (AvgIpc) is 2.71. The van der Waals surface area contributed by atoms with Crippen LogP contribution in [0.15, 0.2) is 42.3 Å². The second-order valence-electron chi connectivity index (χ2n) is 8.72. The summed E-state index contributed by atoms with van der Waals surface area (Å²) >= 11 is 0. The van der Waals surface area contributed by atoms with Gasteiger partial charge >= 0.3 is 5.95 Å². The minimum Gasteiger partial charge on any atom is -0.476 e. The van der Waals surface area contributed by atoms with Gasteiger partial charge in [0.05, 0.1) is 18.1 Å². The Morgan fingerprint density at radius 3 is 2.20 bits per heavy atom. The van der Waals surface area contributed by atoms with Crippen LogP contribution in [0.2, 0.25) is 0 Å². The van der Waals surface area contributed by atoms with Gasteiger partial charge < -0.3 is 9.84 Å². The number of fused-ring (bicyclic) bond motifs is 5. The van der Waals surface area contributed by atoms with E-state index in [-0.39, 0.29) is 11.4 Å². The summed E-state index contributed by atoms with van der Waals surface area (Å²) in [6.45, 7) is 13.1. The summed E-state index contributed by atoms with van der Waals surface area (Å²) in [5, 5.41) is 12.3. The molecule has 156 valence electrons. The van der Waals surface area contributed by atoms with E-state index in [1.165, 1.54) is 38.8 Å². The predicted octanol–water partition coefficient (Wildman–Crippen LogP) is 6.43. The summed E-state index contributed by atoms with van der Waals surface area (Å²) in [5.41, 5.74) is 10.3. The number of rotatable bonds is 3. The van der Waals surface area contributed by atoms with E-state index >= 15 is 0 Å². The molecule has 1 N–H and O–H groups in total. The van der Waals surface area contributed by atoms with Gasteiger partial charge in [-0.15, -0.1) is 4.57 Å². The summed E-state index contributed by atoms with van der Waals surface area (Å²) in [6, 6.07) is 13.4. The molecule has 0 aliphatic carbocycles. The van der Waals surface area contributed by atoms with Crippen LogP contribution in [0.1, 0.15) is 54.5 Å². The lowest BCUT2D eigenvalue weighted by molar-refractivity contribution is -0.552. The van der Waals surface area contributed by atoms with Gasteiger partial charge in [0, 0.05) is 17.5 Å². The number of aryl methyl sites for hydroxylation is 4. The molecule has 1 aromatic heterocycles. The van der Waals surface area contributed by atoms with Crippen LogP contribution in [0.3, 0.4) is 0 Å². The standard InChI is InChI=1S/C27H31NO2/c1-8-27(9-2)24-19(6)13-16(3)14-21(24)22-11-10-20-18(5)12-17(4)15-23(20)28(22)25(27)26(29)30-7/h10-15H,8-9H2,1-7H3/p+1/b26-25+. The lowest BCUT2D eigenvalue weighted by Gasteiger charge is -2.37. The van der Waals surface area contributed by atoms with Crippen LogP contribution < -0.4 is 4.57 Å². The first-order valence-electron chi connectivity index (χ1n) is 10.8. The summed E-state index contributed by atoms with van der Waals surface area (Å²) in [5.74, 6) is 0.00207. The number of methoxy groups -OCH3 is 1. The number of pyridine rings is 1. The molecular weight excluding hydrogens is 370 g/mol. The Balaban J connectivity index is 2.32. The van der Waals surface area contributed by atoms with Crippen LogP contribution in [0.4, 0.5) is 0 Å². The highest BCUT2D eigenvalue weighted by Crippen LogP contribution is 2.50. The SMILES string of the molecule is CCC1(CC)/C(=C(/O)OC)[n+]2c(ccc3c(C)cc(C)cc32)-c2cc(C)cc(C)c21. The highest BCUT2D eigenvalue weighted by atomic mass is 16.6. The zero-order valence-electron chi connectivity index (χ0n) is 19.2. The molecule has 3 aromatic rings. The maximum absolute atomic E-state index is 11.1. The molecule has 3 heteroatoms. The van der Waals surface area contributed by atoms with Crippen molar-refractivity contribution in [3.8, 4) is 11.3 Å². The number of aliphatic hydroxyl groups is 1.